The molecule has 0 aliphatic carbocycles. The van der Waals surface area contributed by atoms with Gasteiger partial charge in [0.15, 0.2) is 0 Å². The molecule has 0 amide bonds. The lowest BCUT2D eigenvalue weighted by Gasteiger charge is -2.21. The van der Waals surface area contributed by atoms with Crippen molar-refractivity contribution in [2.24, 2.45) is 0 Å². The number of nitrogens with zero attached hydrogens (tertiary/aromatic N) is 3. The second-order valence-corrected chi connectivity index (χ2v) is 5.47. The number of anilines is 2. The smallest absolute Gasteiger partial charge is 0.423 e. The highest BCUT2D eigenvalue weighted by atomic mass is 35.5. The maximum Gasteiger partial charge on any atom is 0.423 e. The van der Waals surface area contributed by atoms with Crippen LogP contribution in [0.25, 0.3) is 0 Å². The zero-order chi connectivity index (χ0) is 17.2. The molecule has 0 aliphatic heterocycles. The van der Waals surface area contributed by atoms with Gasteiger partial charge in [-0.25, -0.2) is 4.98 Å². The second-order valence-electron chi connectivity index (χ2n) is 5.06. The Bertz CT molecular complexity index is 692. The van der Waals surface area contributed by atoms with Gasteiger partial charge < -0.3 is 9.64 Å². The quantitative estimate of drug-likeness (QED) is 0.804. The molecule has 0 N–H and O–H groups in total. The van der Waals surface area contributed by atoms with Gasteiger partial charge in [0.25, 0.3) is 0 Å². The number of benzene rings is 1. The summed E-state index contributed by atoms with van der Waals surface area (Å²) in [5, 5.41) is 0.435. The molecule has 0 unspecified atom stereocenters. The first kappa shape index (κ1) is 17.3. The number of aromatic nitrogens is 2. The Hall–Kier alpha value is -2.02. The number of alkyl halides is 3. The van der Waals surface area contributed by atoms with Crippen LogP contribution in [0.4, 0.5) is 24.8 Å². The van der Waals surface area contributed by atoms with Gasteiger partial charge in [-0.1, -0.05) is 23.7 Å². The first-order valence-electron chi connectivity index (χ1n) is 6.79. The molecule has 0 atom stereocenters. The van der Waals surface area contributed by atoms with Crippen LogP contribution in [-0.2, 0) is 6.18 Å². The van der Waals surface area contributed by atoms with Gasteiger partial charge in [0.1, 0.15) is 5.56 Å². The summed E-state index contributed by atoms with van der Waals surface area (Å²) < 4.78 is 44.3. The number of ether oxygens (including phenoxy) is 1. The van der Waals surface area contributed by atoms with Crippen molar-refractivity contribution in [3.63, 3.8) is 0 Å². The lowest BCUT2D eigenvalue weighted by molar-refractivity contribution is -0.139. The van der Waals surface area contributed by atoms with Crippen molar-refractivity contribution >= 4 is 23.2 Å². The number of halogens is 4. The molecule has 8 heteroatoms. The van der Waals surface area contributed by atoms with E-state index in [1.165, 1.54) is 4.90 Å². The minimum Gasteiger partial charge on any atom is -0.474 e. The fraction of sp³-hybridized carbons (Fsp3) is 0.333. The van der Waals surface area contributed by atoms with Gasteiger partial charge in [0.2, 0.25) is 11.8 Å². The summed E-state index contributed by atoms with van der Waals surface area (Å²) in [5.74, 6) is -0.446. The molecule has 0 saturated carbocycles. The average Bonchev–Trinajstić information content (AvgIpc) is 2.45. The monoisotopic (exact) mass is 345 g/mol. The van der Waals surface area contributed by atoms with E-state index in [0.29, 0.717) is 16.9 Å². The molecule has 124 valence electrons. The summed E-state index contributed by atoms with van der Waals surface area (Å²) in [6.45, 7) is 3.25. The van der Waals surface area contributed by atoms with Gasteiger partial charge in [-0.2, -0.15) is 18.2 Å². The van der Waals surface area contributed by atoms with Gasteiger partial charge in [0, 0.05) is 13.2 Å². The first-order chi connectivity index (χ1) is 10.7. The zero-order valence-electron chi connectivity index (χ0n) is 12.7. The van der Waals surface area contributed by atoms with Gasteiger partial charge in [-0.05, 0) is 26.0 Å². The molecule has 0 radical (unpaired) electrons. The second kappa shape index (κ2) is 6.62. The Morgan fingerprint density at radius 2 is 1.87 bits per heavy atom. The highest BCUT2D eigenvalue weighted by Crippen LogP contribution is 2.37. The van der Waals surface area contributed by atoms with Crippen LogP contribution in [0, 0.1) is 0 Å². The van der Waals surface area contributed by atoms with Gasteiger partial charge >= 0.3 is 6.18 Å². The van der Waals surface area contributed by atoms with Crippen LogP contribution in [0.1, 0.15) is 19.4 Å². The van der Waals surface area contributed by atoms with Gasteiger partial charge in [-0.3, -0.25) is 0 Å². The molecule has 1 heterocycles. The van der Waals surface area contributed by atoms with Crippen molar-refractivity contribution in [1.29, 1.82) is 0 Å². The zero-order valence-corrected chi connectivity index (χ0v) is 13.5. The predicted molar refractivity (Wildman–Crippen MR) is 82.3 cm³/mol. The third-order valence-corrected chi connectivity index (χ3v) is 3.23. The normalized spacial score (nSPS) is 11.7. The van der Waals surface area contributed by atoms with E-state index in [2.05, 4.69) is 9.97 Å². The van der Waals surface area contributed by atoms with Crippen molar-refractivity contribution < 1.29 is 17.9 Å². The highest BCUT2D eigenvalue weighted by molar-refractivity contribution is 6.33. The molecular weight excluding hydrogens is 331 g/mol. The third kappa shape index (κ3) is 4.04. The summed E-state index contributed by atoms with van der Waals surface area (Å²) in [6.07, 6.45) is -4.33. The Balaban J connectivity index is 2.46. The van der Waals surface area contributed by atoms with Crippen LogP contribution in [-0.4, -0.2) is 23.1 Å². The van der Waals surface area contributed by atoms with E-state index >= 15 is 0 Å². The van der Waals surface area contributed by atoms with E-state index < -0.39 is 23.7 Å². The first-order valence-corrected chi connectivity index (χ1v) is 7.17. The molecule has 0 bridgehead atoms. The highest BCUT2D eigenvalue weighted by Gasteiger charge is 2.36. The minimum atomic E-state index is -4.59. The van der Waals surface area contributed by atoms with Crippen LogP contribution < -0.4 is 9.64 Å². The minimum absolute atomic E-state index is 0.0572. The fourth-order valence-electron chi connectivity index (χ4n) is 1.86. The summed E-state index contributed by atoms with van der Waals surface area (Å²) in [6, 6.07) is 6.89. The molecule has 0 spiro atoms. The van der Waals surface area contributed by atoms with Crippen molar-refractivity contribution in [2.75, 3.05) is 11.9 Å². The lowest BCUT2D eigenvalue weighted by atomic mass is 10.3. The van der Waals surface area contributed by atoms with Crippen LogP contribution in [0.5, 0.6) is 5.88 Å². The molecule has 0 aliphatic rings. The Kier molecular flexibility index (Phi) is 4.99. The number of para-hydroxylation sites is 1. The molecule has 2 aromatic rings. The Morgan fingerprint density at radius 3 is 2.43 bits per heavy atom. The van der Waals surface area contributed by atoms with Crippen molar-refractivity contribution in [2.45, 2.75) is 26.1 Å². The van der Waals surface area contributed by atoms with E-state index in [-0.39, 0.29) is 5.95 Å². The standard InChI is InChI=1S/C15H15ClF3N3O/c1-9(2)23-13-10(15(17,18)19)8-20-14(21-13)22(3)12-7-5-4-6-11(12)16/h4-9H,1-3H3. The number of hydrogen-bond donors (Lipinski definition) is 0. The SMILES string of the molecule is CC(C)Oc1nc(N(C)c2ccccc2Cl)ncc1C(F)(F)F. The van der Waals surface area contributed by atoms with Crippen LogP contribution >= 0.6 is 11.6 Å². The van der Waals surface area contributed by atoms with E-state index in [1.54, 1.807) is 45.2 Å². The summed E-state index contributed by atoms with van der Waals surface area (Å²) in [4.78, 5) is 9.19. The van der Waals surface area contributed by atoms with E-state index in [0.717, 1.165) is 0 Å². The summed E-state index contributed by atoms with van der Waals surface area (Å²) in [7, 11) is 1.61. The fourth-order valence-corrected chi connectivity index (χ4v) is 2.12. The summed E-state index contributed by atoms with van der Waals surface area (Å²) >= 11 is 6.09. The maximum absolute atomic E-state index is 13.0. The largest absolute Gasteiger partial charge is 0.474 e. The molecule has 4 nitrogen and oxygen atoms in total. The van der Waals surface area contributed by atoms with Crippen LogP contribution in [0.15, 0.2) is 30.5 Å². The number of rotatable bonds is 4. The summed E-state index contributed by atoms with van der Waals surface area (Å²) in [5.41, 5.74) is -0.438. The molecule has 1 aromatic heterocycles. The topological polar surface area (TPSA) is 38.2 Å². The van der Waals surface area contributed by atoms with Crippen molar-refractivity contribution in [3.05, 3.63) is 41.0 Å². The molecule has 0 fully saturated rings. The lowest BCUT2D eigenvalue weighted by Crippen LogP contribution is -2.19. The van der Waals surface area contributed by atoms with Crippen molar-refractivity contribution in [3.8, 4) is 5.88 Å². The molecule has 2 rings (SSSR count). The van der Waals surface area contributed by atoms with Crippen LogP contribution in [0.2, 0.25) is 5.02 Å². The molecule has 1 aromatic carbocycles. The Labute approximate surface area is 136 Å². The van der Waals surface area contributed by atoms with Gasteiger partial charge in [0.05, 0.1) is 16.8 Å². The molecule has 23 heavy (non-hydrogen) atoms. The molecule has 0 saturated heterocycles. The number of hydrogen-bond acceptors (Lipinski definition) is 4. The van der Waals surface area contributed by atoms with Crippen molar-refractivity contribution in [1.82, 2.24) is 9.97 Å². The van der Waals surface area contributed by atoms with E-state index in [1.807, 2.05) is 0 Å². The van der Waals surface area contributed by atoms with Crippen LogP contribution in [0.3, 0.4) is 0 Å². The maximum atomic E-state index is 13.0. The van der Waals surface area contributed by atoms with Gasteiger partial charge in [-0.15, -0.1) is 0 Å². The van der Waals surface area contributed by atoms with E-state index in [9.17, 15) is 13.2 Å². The average molecular weight is 346 g/mol. The van der Waals surface area contributed by atoms with E-state index in [4.69, 9.17) is 16.3 Å². The predicted octanol–water partition coefficient (Wildman–Crippen LogP) is 4.70. The third-order valence-electron chi connectivity index (χ3n) is 2.91. The Morgan fingerprint density at radius 1 is 1.22 bits per heavy atom. The molecular formula is C15H15ClF3N3O.